The summed E-state index contributed by atoms with van der Waals surface area (Å²) in [5.41, 5.74) is 2.73. The zero-order valence-corrected chi connectivity index (χ0v) is 15.4. The molecule has 4 aromatic rings. The van der Waals surface area contributed by atoms with Crippen LogP contribution in [0.3, 0.4) is 0 Å². The molecule has 3 heterocycles. The highest BCUT2D eigenvalue weighted by Crippen LogP contribution is 2.20. The maximum Gasteiger partial charge on any atom is 0.277 e. The molecule has 0 saturated carbocycles. The lowest BCUT2D eigenvalue weighted by molar-refractivity contribution is 0.102. The summed E-state index contributed by atoms with van der Waals surface area (Å²) in [5, 5.41) is 10.1. The Labute approximate surface area is 165 Å². The highest BCUT2D eigenvalue weighted by Gasteiger charge is 2.16. The van der Waals surface area contributed by atoms with Crippen LogP contribution in [0.25, 0.3) is 5.69 Å². The second-order valence-corrected chi connectivity index (χ2v) is 6.18. The van der Waals surface area contributed by atoms with Crippen molar-refractivity contribution in [2.24, 2.45) is 0 Å². The summed E-state index contributed by atoms with van der Waals surface area (Å²) in [7, 11) is 0. The maximum atomic E-state index is 13.1. The van der Waals surface area contributed by atoms with Crippen LogP contribution in [0.15, 0.2) is 67.4 Å². The number of carbonyl (C=O) groups excluding carboxylic acids is 1. The van der Waals surface area contributed by atoms with Gasteiger partial charge in [-0.2, -0.15) is 5.10 Å². The molecule has 3 aromatic heterocycles. The van der Waals surface area contributed by atoms with Gasteiger partial charge in [0.25, 0.3) is 5.91 Å². The van der Waals surface area contributed by atoms with Crippen LogP contribution in [0.1, 0.15) is 16.2 Å². The van der Waals surface area contributed by atoms with Crippen LogP contribution in [-0.4, -0.2) is 30.6 Å². The van der Waals surface area contributed by atoms with Gasteiger partial charge in [0, 0.05) is 18.0 Å². The Balaban J connectivity index is 1.56. The van der Waals surface area contributed by atoms with Crippen molar-refractivity contribution in [3.63, 3.8) is 0 Å². The Morgan fingerprint density at radius 2 is 1.79 bits per heavy atom. The van der Waals surface area contributed by atoms with E-state index in [0.29, 0.717) is 28.6 Å². The smallest absolute Gasteiger partial charge is 0.277 e. The lowest BCUT2D eigenvalue weighted by Gasteiger charge is -2.11. The van der Waals surface area contributed by atoms with Crippen molar-refractivity contribution in [2.45, 2.75) is 6.92 Å². The largest absolute Gasteiger partial charge is 0.351 e. The average Bonchev–Trinajstić information content (AvgIpc) is 3.19. The van der Waals surface area contributed by atoms with Crippen molar-refractivity contribution in [1.82, 2.24) is 24.7 Å². The third kappa shape index (κ3) is 4.24. The molecule has 0 atom stereocenters. The standard InChI is InChI=1S/C20H16FN7O/c1-13-2-7-17(25-15-10-22-12-23-11-15)19(24-13)20(29)26-18-8-9-28(27-18)16-5-3-14(21)4-6-16/h2-12,25H,1H3,(H,26,27,29). The molecule has 0 radical (unpaired) electrons. The minimum absolute atomic E-state index is 0.213. The van der Waals surface area contributed by atoms with E-state index in [1.807, 2.05) is 0 Å². The quantitative estimate of drug-likeness (QED) is 0.542. The molecule has 0 aliphatic rings. The fourth-order valence-electron chi connectivity index (χ4n) is 2.65. The van der Waals surface area contributed by atoms with E-state index in [1.165, 1.54) is 18.5 Å². The van der Waals surface area contributed by atoms with Crippen LogP contribution in [0.5, 0.6) is 0 Å². The molecule has 9 heteroatoms. The molecular weight excluding hydrogens is 373 g/mol. The molecule has 0 unspecified atom stereocenters. The first-order valence-electron chi connectivity index (χ1n) is 8.71. The SMILES string of the molecule is Cc1ccc(Nc2cncnc2)c(C(=O)Nc2ccn(-c3ccc(F)cc3)n2)n1. The van der Waals surface area contributed by atoms with E-state index >= 15 is 0 Å². The minimum Gasteiger partial charge on any atom is -0.351 e. The number of aryl methyl sites for hydroxylation is 1. The second kappa shape index (κ2) is 7.85. The van der Waals surface area contributed by atoms with Gasteiger partial charge in [-0.15, -0.1) is 0 Å². The third-order valence-electron chi connectivity index (χ3n) is 4.01. The molecule has 0 aliphatic heterocycles. The molecule has 29 heavy (non-hydrogen) atoms. The Morgan fingerprint density at radius 3 is 2.55 bits per heavy atom. The second-order valence-electron chi connectivity index (χ2n) is 6.18. The van der Waals surface area contributed by atoms with Crippen molar-refractivity contribution in [3.8, 4) is 5.69 Å². The van der Waals surface area contributed by atoms with Crippen molar-refractivity contribution < 1.29 is 9.18 Å². The first-order valence-corrected chi connectivity index (χ1v) is 8.71. The van der Waals surface area contributed by atoms with Crippen molar-refractivity contribution in [2.75, 3.05) is 10.6 Å². The van der Waals surface area contributed by atoms with Crippen molar-refractivity contribution in [1.29, 1.82) is 0 Å². The highest BCUT2D eigenvalue weighted by molar-refractivity contribution is 6.06. The van der Waals surface area contributed by atoms with E-state index in [-0.39, 0.29) is 11.5 Å². The molecule has 0 saturated heterocycles. The first-order chi connectivity index (χ1) is 14.1. The maximum absolute atomic E-state index is 13.1. The van der Waals surface area contributed by atoms with Gasteiger partial charge < -0.3 is 10.6 Å². The van der Waals surface area contributed by atoms with Gasteiger partial charge >= 0.3 is 0 Å². The minimum atomic E-state index is -0.419. The zero-order chi connectivity index (χ0) is 20.2. The Morgan fingerprint density at radius 1 is 1.03 bits per heavy atom. The van der Waals surface area contributed by atoms with Gasteiger partial charge in [0.2, 0.25) is 0 Å². The molecule has 144 valence electrons. The summed E-state index contributed by atoms with van der Waals surface area (Å²) in [6, 6.07) is 11.1. The summed E-state index contributed by atoms with van der Waals surface area (Å²) >= 11 is 0. The fraction of sp³-hybridized carbons (Fsp3) is 0.0500. The average molecular weight is 389 g/mol. The van der Waals surface area contributed by atoms with Crippen molar-refractivity contribution in [3.05, 3.63) is 84.6 Å². The molecule has 4 rings (SSSR count). The Kier molecular flexibility index (Phi) is 4.93. The first kappa shape index (κ1) is 18.2. The molecular formula is C20H16FN7O. The molecule has 0 fully saturated rings. The number of rotatable bonds is 5. The molecule has 0 aliphatic carbocycles. The number of pyridine rings is 1. The monoisotopic (exact) mass is 389 g/mol. The number of nitrogens with zero attached hydrogens (tertiary/aromatic N) is 5. The van der Waals surface area contributed by atoms with E-state index in [1.54, 1.807) is 60.5 Å². The number of carbonyl (C=O) groups is 1. The lowest BCUT2D eigenvalue weighted by atomic mass is 10.2. The van der Waals surface area contributed by atoms with Gasteiger partial charge in [0.15, 0.2) is 11.5 Å². The van der Waals surface area contributed by atoms with Gasteiger partial charge in [-0.25, -0.2) is 24.0 Å². The fourth-order valence-corrected chi connectivity index (χ4v) is 2.65. The molecule has 1 amide bonds. The van der Waals surface area contributed by atoms with Crippen molar-refractivity contribution >= 4 is 23.1 Å². The van der Waals surface area contributed by atoms with Gasteiger partial charge in [-0.3, -0.25) is 4.79 Å². The third-order valence-corrected chi connectivity index (χ3v) is 4.01. The number of anilines is 3. The molecule has 0 bridgehead atoms. The number of hydrogen-bond acceptors (Lipinski definition) is 6. The van der Waals surface area contributed by atoms with E-state index in [0.717, 1.165) is 0 Å². The predicted octanol–water partition coefficient (Wildman–Crippen LogP) is 3.50. The molecule has 1 aromatic carbocycles. The van der Waals surface area contributed by atoms with Crippen LogP contribution < -0.4 is 10.6 Å². The summed E-state index contributed by atoms with van der Waals surface area (Å²) in [4.78, 5) is 25.1. The normalized spacial score (nSPS) is 10.6. The number of benzene rings is 1. The number of nitrogens with one attached hydrogen (secondary N) is 2. The summed E-state index contributed by atoms with van der Waals surface area (Å²) in [5.74, 6) is -0.405. The number of hydrogen-bond donors (Lipinski definition) is 2. The van der Waals surface area contributed by atoms with Crippen LogP contribution in [-0.2, 0) is 0 Å². The topological polar surface area (TPSA) is 97.6 Å². The lowest BCUT2D eigenvalue weighted by Crippen LogP contribution is -2.17. The Bertz CT molecular complexity index is 1140. The number of aromatic nitrogens is 5. The zero-order valence-electron chi connectivity index (χ0n) is 15.4. The highest BCUT2D eigenvalue weighted by atomic mass is 19.1. The van der Waals surface area contributed by atoms with Gasteiger partial charge in [-0.1, -0.05) is 0 Å². The predicted molar refractivity (Wildman–Crippen MR) is 106 cm³/mol. The number of halogens is 1. The van der Waals surface area contributed by atoms with Crippen LogP contribution in [0.4, 0.5) is 21.6 Å². The van der Waals surface area contributed by atoms with E-state index in [2.05, 4.69) is 30.7 Å². The van der Waals surface area contributed by atoms with Gasteiger partial charge in [-0.05, 0) is 43.3 Å². The van der Waals surface area contributed by atoms with Crippen LogP contribution >= 0.6 is 0 Å². The molecule has 0 spiro atoms. The van der Waals surface area contributed by atoms with E-state index < -0.39 is 5.91 Å². The Hall–Kier alpha value is -4.14. The van der Waals surface area contributed by atoms with Gasteiger partial charge in [0.05, 0.1) is 29.5 Å². The summed E-state index contributed by atoms with van der Waals surface area (Å²) < 4.78 is 14.6. The van der Waals surface area contributed by atoms with E-state index in [4.69, 9.17) is 0 Å². The molecule has 2 N–H and O–H groups in total. The van der Waals surface area contributed by atoms with Crippen LogP contribution in [0.2, 0.25) is 0 Å². The van der Waals surface area contributed by atoms with Gasteiger partial charge in [0.1, 0.15) is 12.1 Å². The number of amides is 1. The summed E-state index contributed by atoms with van der Waals surface area (Å²) in [6.45, 7) is 1.80. The molecule has 8 nitrogen and oxygen atoms in total. The van der Waals surface area contributed by atoms with E-state index in [9.17, 15) is 9.18 Å². The summed E-state index contributed by atoms with van der Waals surface area (Å²) in [6.07, 6.45) is 6.29. The van der Waals surface area contributed by atoms with Crippen LogP contribution in [0, 0.1) is 12.7 Å².